The smallest absolute Gasteiger partial charge is 0.105 e. The van der Waals surface area contributed by atoms with Gasteiger partial charge in [-0.15, -0.1) is 0 Å². The van der Waals surface area contributed by atoms with E-state index >= 15 is 0 Å². The molecule has 0 fully saturated rings. The molecule has 1 aliphatic heterocycles. The molecule has 0 bridgehead atoms. The van der Waals surface area contributed by atoms with E-state index in [1.807, 2.05) is 0 Å². The van der Waals surface area contributed by atoms with Crippen LogP contribution in [0.3, 0.4) is 0 Å². The summed E-state index contributed by atoms with van der Waals surface area (Å²) in [6.45, 7) is 0. The molecule has 1 heterocycles. The summed E-state index contributed by atoms with van der Waals surface area (Å²) in [5, 5.41) is 23.4. The summed E-state index contributed by atoms with van der Waals surface area (Å²) in [5.74, 6) is 0. The molecule has 0 aliphatic carbocycles. The zero-order chi connectivity index (χ0) is 35.6. The number of hydrogen-bond acceptors (Lipinski definition) is 2. The van der Waals surface area contributed by atoms with Crippen LogP contribution in [-0.4, -0.2) is 0 Å². The van der Waals surface area contributed by atoms with Crippen molar-refractivity contribution in [3.63, 3.8) is 0 Å². The molecular formula is C52H36N2. The third-order valence-electron chi connectivity index (χ3n) is 11.5. The van der Waals surface area contributed by atoms with E-state index in [9.17, 15) is 0 Å². The molecule has 2 N–H and O–H groups in total. The topological polar surface area (TPSA) is 24.1 Å². The molecule has 0 spiro atoms. The van der Waals surface area contributed by atoms with Gasteiger partial charge in [-0.05, 0) is 105 Å². The minimum Gasteiger partial charge on any atom is -0.366 e. The molecule has 0 aromatic heterocycles. The van der Waals surface area contributed by atoms with Crippen molar-refractivity contribution in [2.45, 2.75) is 12.2 Å². The molecule has 0 saturated carbocycles. The summed E-state index contributed by atoms with van der Waals surface area (Å²) in [4.78, 5) is 0. The first-order valence-corrected chi connectivity index (χ1v) is 18.8. The average Bonchev–Trinajstić information content (AvgIpc) is 3.25. The normalized spacial score (nSPS) is 16.0. The second-order valence-electron chi connectivity index (χ2n) is 14.5. The summed E-state index contributed by atoms with van der Waals surface area (Å²) in [6, 6.07) is 68.8. The van der Waals surface area contributed by atoms with Crippen LogP contribution in [0.2, 0.25) is 0 Å². The van der Waals surface area contributed by atoms with Gasteiger partial charge in [-0.25, -0.2) is 0 Å². The van der Waals surface area contributed by atoms with Gasteiger partial charge in [-0.1, -0.05) is 176 Å². The van der Waals surface area contributed by atoms with Crippen molar-refractivity contribution in [1.29, 1.82) is 0 Å². The average molecular weight is 689 g/mol. The third-order valence-corrected chi connectivity index (χ3v) is 11.5. The fourth-order valence-corrected chi connectivity index (χ4v) is 9.04. The fourth-order valence-electron chi connectivity index (χ4n) is 9.04. The summed E-state index contributed by atoms with van der Waals surface area (Å²) >= 11 is 0. The Morgan fingerprint density at radius 2 is 0.907 bits per heavy atom. The minimum absolute atomic E-state index is 0.0684. The van der Waals surface area contributed by atoms with E-state index < -0.39 is 0 Å². The van der Waals surface area contributed by atoms with Crippen molar-refractivity contribution in [2.24, 2.45) is 0 Å². The highest BCUT2D eigenvalue weighted by molar-refractivity contribution is 6.25. The second-order valence-corrected chi connectivity index (χ2v) is 14.5. The third kappa shape index (κ3) is 4.92. The van der Waals surface area contributed by atoms with Gasteiger partial charge in [0, 0.05) is 11.3 Å². The van der Waals surface area contributed by atoms with Gasteiger partial charge in [0.15, 0.2) is 0 Å². The van der Waals surface area contributed by atoms with Crippen LogP contribution in [0.15, 0.2) is 194 Å². The molecule has 1 aliphatic rings. The predicted octanol–water partition coefficient (Wildman–Crippen LogP) is 13.2. The van der Waals surface area contributed by atoms with Crippen LogP contribution in [-0.2, 0) is 0 Å². The van der Waals surface area contributed by atoms with Crippen LogP contribution in [0.1, 0.15) is 28.9 Å². The van der Waals surface area contributed by atoms with E-state index in [1.54, 1.807) is 0 Å². The number of fused-ring (bicyclic) bond motifs is 10. The van der Waals surface area contributed by atoms with Crippen molar-refractivity contribution < 1.29 is 0 Å². The molecule has 2 atom stereocenters. The van der Waals surface area contributed by atoms with Gasteiger partial charge in [0.1, 0.15) is 6.17 Å². The lowest BCUT2D eigenvalue weighted by Crippen LogP contribution is -2.40. The Labute approximate surface area is 314 Å². The largest absolute Gasteiger partial charge is 0.366 e. The quantitative estimate of drug-likeness (QED) is 0.142. The van der Waals surface area contributed by atoms with Gasteiger partial charge in [0.25, 0.3) is 0 Å². The van der Waals surface area contributed by atoms with Crippen molar-refractivity contribution in [1.82, 2.24) is 10.6 Å². The van der Waals surface area contributed by atoms with Gasteiger partial charge >= 0.3 is 0 Å². The van der Waals surface area contributed by atoms with Crippen LogP contribution in [0, 0.1) is 0 Å². The van der Waals surface area contributed by atoms with Crippen LogP contribution < -0.4 is 10.6 Å². The fraction of sp³-hybridized carbons (Fsp3) is 0.0385. The highest BCUT2D eigenvalue weighted by Crippen LogP contribution is 2.42. The van der Waals surface area contributed by atoms with Gasteiger partial charge in [0.2, 0.25) is 0 Å². The van der Waals surface area contributed by atoms with E-state index in [0.29, 0.717) is 0 Å². The first kappa shape index (κ1) is 30.8. The first-order valence-electron chi connectivity index (χ1n) is 18.8. The SMILES string of the molecule is C1=C(c2ccc3c4ccccc4c4ccccc4c3c2)NC(c2c3ccccc3cc3c2ccc2ccccc23)NC1c1ccccc1-c1ccccc1. The zero-order valence-electron chi connectivity index (χ0n) is 29.6. The Kier molecular flexibility index (Phi) is 7.11. The van der Waals surface area contributed by atoms with Gasteiger partial charge in [-0.3, -0.25) is 5.32 Å². The molecular weight excluding hydrogens is 653 g/mol. The molecule has 2 nitrogen and oxygen atoms in total. The van der Waals surface area contributed by atoms with E-state index in [2.05, 4.69) is 205 Å². The summed E-state index contributed by atoms with van der Waals surface area (Å²) in [6.07, 6.45) is 2.21. The maximum absolute atomic E-state index is 4.13. The van der Waals surface area contributed by atoms with E-state index in [-0.39, 0.29) is 12.2 Å². The number of hydrogen-bond donors (Lipinski definition) is 2. The molecule has 11 rings (SSSR count). The summed E-state index contributed by atoms with van der Waals surface area (Å²) in [7, 11) is 0. The lowest BCUT2D eigenvalue weighted by atomic mass is 9.88. The van der Waals surface area contributed by atoms with Gasteiger partial charge in [0.05, 0.1) is 6.04 Å². The molecule has 54 heavy (non-hydrogen) atoms. The first-order chi connectivity index (χ1) is 26.8. The summed E-state index contributed by atoms with van der Waals surface area (Å²) in [5.41, 5.74) is 7.25. The Morgan fingerprint density at radius 1 is 0.352 bits per heavy atom. The maximum Gasteiger partial charge on any atom is 0.105 e. The van der Waals surface area contributed by atoms with Crippen molar-refractivity contribution in [2.75, 3.05) is 0 Å². The van der Waals surface area contributed by atoms with Crippen molar-refractivity contribution in [3.05, 3.63) is 211 Å². The Balaban J connectivity index is 1.16. The highest BCUT2D eigenvalue weighted by atomic mass is 15.2. The lowest BCUT2D eigenvalue weighted by molar-refractivity contribution is 0.448. The molecule has 0 radical (unpaired) electrons. The van der Waals surface area contributed by atoms with Crippen LogP contribution >= 0.6 is 0 Å². The van der Waals surface area contributed by atoms with Gasteiger partial charge in [-0.2, -0.15) is 0 Å². The number of nitrogens with one attached hydrogen (secondary N) is 2. The zero-order valence-corrected chi connectivity index (χ0v) is 29.6. The van der Waals surface area contributed by atoms with Crippen LogP contribution in [0.25, 0.3) is 81.5 Å². The second kappa shape index (κ2) is 12.4. The molecule has 2 unspecified atom stereocenters. The lowest BCUT2D eigenvalue weighted by Gasteiger charge is -2.35. The van der Waals surface area contributed by atoms with Gasteiger partial charge < -0.3 is 5.32 Å². The number of rotatable bonds is 4. The van der Waals surface area contributed by atoms with Crippen molar-refractivity contribution in [3.8, 4) is 11.1 Å². The molecule has 2 heteroatoms. The Hall–Kier alpha value is -6.74. The van der Waals surface area contributed by atoms with E-state index in [1.165, 1.54) is 92.5 Å². The molecule has 0 saturated heterocycles. The monoisotopic (exact) mass is 688 g/mol. The standard InChI is InChI=1S/C52H36N2/c1-2-14-33(15-3-1)37-18-8-13-25-45(37)50-32-49(36-27-28-44-42-23-10-9-21-40(42)41-22-11-12-24-43(41)48(44)31-36)53-52(54-50)51-39-20-7-5-17-35(39)30-47-38-19-6-4-16-34(38)26-29-46(47)51/h1-32,50,52-54H. The summed E-state index contributed by atoms with van der Waals surface area (Å²) < 4.78 is 0. The molecule has 0 amide bonds. The minimum atomic E-state index is -0.183. The Bertz CT molecular complexity index is 3090. The molecule has 254 valence electrons. The predicted molar refractivity (Wildman–Crippen MR) is 230 cm³/mol. The molecule has 10 aromatic rings. The number of benzene rings is 10. The highest BCUT2D eigenvalue weighted by Gasteiger charge is 2.29. The Morgan fingerprint density at radius 3 is 1.67 bits per heavy atom. The maximum atomic E-state index is 4.13. The van der Waals surface area contributed by atoms with E-state index in [0.717, 1.165) is 5.70 Å². The van der Waals surface area contributed by atoms with Crippen molar-refractivity contribution >= 4 is 70.3 Å². The van der Waals surface area contributed by atoms with E-state index in [4.69, 9.17) is 0 Å². The molecule has 10 aromatic carbocycles. The van der Waals surface area contributed by atoms with Crippen LogP contribution in [0.5, 0.6) is 0 Å². The van der Waals surface area contributed by atoms with Crippen LogP contribution in [0.4, 0.5) is 0 Å².